The van der Waals surface area contributed by atoms with Crippen molar-refractivity contribution in [3.05, 3.63) is 28.5 Å². The lowest BCUT2D eigenvalue weighted by atomic mass is 10.2. The lowest BCUT2D eigenvalue weighted by molar-refractivity contribution is 0.150. The summed E-state index contributed by atoms with van der Waals surface area (Å²) in [5.74, 6) is 0. The molecule has 0 aliphatic carbocycles. The molecule has 0 amide bonds. The van der Waals surface area contributed by atoms with Crippen molar-refractivity contribution in [1.82, 2.24) is 4.98 Å². The predicted octanol–water partition coefficient (Wildman–Crippen LogP) is 2.98. The molecule has 0 bridgehead atoms. The minimum absolute atomic E-state index is 0.0607. The molecular weight excluding hydrogens is 172 g/mol. The zero-order chi connectivity index (χ0) is 8.43. The van der Waals surface area contributed by atoms with Crippen molar-refractivity contribution in [3.63, 3.8) is 0 Å². The highest BCUT2D eigenvalue weighted by Crippen LogP contribution is 2.22. The molecule has 0 unspecified atom stereocenters. The maximum Gasteiger partial charge on any atom is 0.265 e. The van der Waals surface area contributed by atoms with E-state index in [1.165, 1.54) is 19.1 Å². The zero-order valence-corrected chi connectivity index (χ0v) is 6.57. The summed E-state index contributed by atoms with van der Waals surface area (Å²) in [7, 11) is 0. The molecule has 1 aromatic rings. The zero-order valence-electron chi connectivity index (χ0n) is 5.81. The van der Waals surface area contributed by atoms with Crippen molar-refractivity contribution in [2.45, 2.75) is 13.3 Å². The van der Waals surface area contributed by atoms with Gasteiger partial charge in [-0.25, -0.2) is 13.8 Å². The second kappa shape index (κ2) is 3.13. The summed E-state index contributed by atoms with van der Waals surface area (Å²) in [5, 5.41) is 0.243. The molecule has 0 N–H and O–H groups in total. The fourth-order valence-corrected chi connectivity index (χ4v) is 0.962. The quantitative estimate of drug-likeness (QED) is 0.601. The highest BCUT2D eigenvalue weighted by atomic mass is 35.5. The molecular formula is C7H6ClF2N. The number of hydrogen-bond donors (Lipinski definition) is 0. The number of pyridine rings is 1. The van der Waals surface area contributed by atoms with E-state index in [4.69, 9.17) is 11.6 Å². The first kappa shape index (κ1) is 8.40. The third-order valence-corrected chi connectivity index (χ3v) is 1.54. The fourth-order valence-electron chi connectivity index (χ4n) is 0.772. The Hall–Kier alpha value is -0.700. The Morgan fingerprint density at radius 1 is 1.45 bits per heavy atom. The Morgan fingerprint density at radius 2 is 2.09 bits per heavy atom. The molecule has 0 radical (unpaired) electrons. The number of nitrogens with zero attached hydrogens (tertiary/aromatic N) is 1. The Kier molecular flexibility index (Phi) is 2.39. The second-order valence-electron chi connectivity index (χ2n) is 2.11. The topological polar surface area (TPSA) is 12.9 Å². The van der Waals surface area contributed by atoms with Gasteiger partial charge in [-0.2, -0.15) is 0 Å². The van der Waals surface area contributed by atoms with Crippen LogP contribution in [-0.4, -0.2) is 4.98 Å². The Bertz CT molecular complexity index is 263. The van der Waals surface area contributed by atoms with Gasteiger partial charge in [0.25, 0.3) is 6.43 Å². The molecule has 1 nitrogen and oxygen atoms in total. The van der Waals surface area contributed by atoms with Gasteiger partial charge in [-0.1, -0.05) is 11.6 Å². The molecule has 0 spiro atoms. The van der Waals surface area contributed by atoms with Gasteiger partial charge < -0.3 is 0 Å². The van der Waals surface area contributed by atoms with Crippen LogP contribution >= 0.6 is 11.6 Å². The van der Waals surface area contributed by atoms with Crippen LogP contribution < -0.4 is 0 Å². The van der Waals surface area contributed by atoms with E-state index in [1.807, 2.05) is 0 Å². The maximum absolute atomic E-state index is 12.1. The third kappa shape index (κ3) is 1.87. The number of rotatable bonds is 1. The van der Waals surface area contributed by atoms with Crippen molar-refractivity contribution < 1.29 is 8.78 Å². The average molecular weight is 178 g/mol. The fraction of sp³-hybridized carbons (Fsp3) is 0.286. The van der Waals surface area contributed by atoms with Gasteiger partial charge in [-0.05, 0) is 19.1 Å². The van der Waals surface area contributed by atoms with Crippen LogP contribution in [0.5, 0.6) is 0 Å². The van der Waals surface area contributed by atoms with Crippen molar-refractivity contribution in [3.8, 4) is 0 Å². The van der Waals surface area contributed by atoms with Crippen LogP contribution in [0.15, 0.2) is 12.1 Å². The van der Waals surface area contributed by atoms with E-state index < -0.39 is 6.43 Å². The highest BCUT2D eigenvalue weighted by Gasteiger charge is 2.10. The van der Waals surface area contributed by atoms with Crippen LogP contribution in [0.2, 0.25) is 5.15 Å². The highest BCUT2D eigenvalue weighted by molar-refractivity contribution is 6.29. The van der Waals surface area contributed by atoms with Crippen molar-refractivity contribution in [2.24, 2.45) is 0 Å². The summed E-state index contributed by atoms with van der Waals surface area (Å²) in [6, 6.07) is 2.64. The van der Waals surface area contributed by atoms with Gasteiger partial charge in [-0.3, -0.25) is 0 Å². The van der Waals surface area contributed by atoms with Gasteiger partial charge in [0.15, 0.2) is 0 Å². The molecule has 1 rings (SSSR count). The first-order chi connectivity index (χ1) is 5.11. The summed E-state index contributed by atoms with van der Waals surface area (Å²) >= 11 is 5.47. The lowest BCUT2D eigenvalue weighted by Crippen LogP contribution is -1.92. The van der Waals surface area contributed by atoms with E-state index in [0.717, 1.165) is 0 Å². The van der Waals surface area contributed by atoms with E-state index in [1.54, 1.807) is 0 Å². The number of alkyl halides is 2. The molecule has 0 aliphatic rings. The lowest BCUT2D eigenvalue weighted by Gasteiger charge is -2.02. The summed E-state index contributed by atoms with van der Waals surface area (Å²) in [6.45, 7) is 1.51. The molecule has 0 atom stereocenters. The van der Waals surface area contributed by atoms with Crippen molar-refractivity contribution in [1.29, 1.82) is 0 Å². The van der Waals surface area contributed by atoms with Crippen LogP contribution in [0, 0.1) is 6.92 Å². The molecule has 11 heavy (non-hydrogen) atoms. The standard InChI is InChI=1S/C7H6ClF2N/c1-4-5(7(9)10)2-3-6(8)11-4/h2-3,7H,1H3. The molecule has 0 saturated heterocycles. The largest absolute Gasteiger partial charge is 0.265 e. The predicted molar refractivity (Wildman–Crippen MR) is 38.9 cm³/mol. The van der Waals surface area contributed by atoms with Gasteiger partial charge in [-0.15, -0.1) is 0 Å². The molecule has 0 saturated carbocycles. The SMILES string of the molecule is Cc1nc(Cl)ccc1C(F)F. The minimum Gasteiger partial charge on any atom is -0.241 e. The summed E-state index contributed by atoms with van der Waals surface area (Å²) in [6.07, 6.45) is -2.47. The van der Waals surface area contributed by atoms with Crippen molar-refractivity contribution in [2.75, 3.05) is 0 Å². The summed E-state index contributed by atoms with van der Waals surface area (Å²) in [4.78, 5) is 3.68. The number of aryl methyl sites for hydroxylation is 1. The number of halogens is 3. The van der Waals surface area contributed by atoms with Crippen LogP contribution in [-0.2, 0) is 0 Å². The molecule has 0 aliphatic heterocycles. The van der Waals surface area contributed by atoms with Crippen LogP contribution in [0.4, 0.5) is 8.78 Å². The molecule has 1 heterocycles. The third-order valence-electron chi connectivity index (χ3n) is 1.33. The molecule has 4 heteroatoms. The van der Waals surface area contributed by atoms with Gasteiger partial charge in [0.2, 0.25) is 0 Å². The monoisotopic (exact) mass is 177 g/mol. The Labute approximate surface area is 68.0 Å². The second-order valence-corrected chi connectivity index (χ2v) is 2.50. The smallest absolute Gasteiger partial charge is 0.241 e. The van der Waals surface area contributed by atoms with Gasteiger partial charge >= 0.3 is 0 Å². The minimum atomic E-state index is -2.47. The van der Waals surface area contributed by atoms with E-state index in [-0.39, 0.29) is 16.4 Å². The normalized spacial score (nSPS) is 10.6. The molecule has 1 aromatic heterocycles. The van der Waals surface area contributed by atoms with E-state index in [0.29, 0.717) is 0 Å². The first-order valence-corrected chi connectivity index (χ1v) is 3.40. The Morgan fingerprint density at radius 3 is 2.55 bits per heavy atom. The van der Waals surface area contributed by atoms with Gasteiger partial charge in [0, 0.05) is 11.3 Å². The van der Waals surface area contributed by atoms with Gasteiger partial charge in [0.1, 0.15) is 5.15 Å². The molecule has 0 fully saturated rings. The molecule has 0 aromatic carbocycles. The van der Waals surface area contributed by atoms with E-state index in [2.05, 4.69) is 4.98 Å². The average Bonchev–Trinajstić information content (AvgIpc) is 1.85. The summed E-state index contributed by atoms with van der Waals surface area (Å²) < 4.78 is 24.2. The maximum atomic E-state index is 12.1. The number of hydrogen-bond acceptors (Lipinski definition) is 1. The Balaban J connectivity index is 3.09. The van der Waals surface area contributed by atoms with Crippen LogP contribution in [0.25, 0.3) is 0 Å². The van der Waals surface area contributed by atoms with Crippen molar-refractivity contribution >= 4 is 11.6 Å². The van der Waals surface area contributed by atoms with Gasteiger partial charge in [0.05, 0.1) is 0 Å². The van der Waals surface area contributed by atoms with E-state index >= 15 is 0 Å². The van der Waals surface area contributed by atoms with E-state index in [9.17, 15) is 8.78 Å². The van der Waals surface area contributed by atoms with Crippen LogP contribution in [0.1, 0.15) is 17.7 Å². The number of aromatic nitrogens is 1. The molecule has 60 valence electrons. The summed E-state index contributed by atoms with van der Waals surface area (Å²) in [5.41, 5.74) is 0.224. The van der Waals surface area contributed by atoms with Crippen LogP contribution in [0.3, 0.4) is 0 Å². The first-order valence-electron chi connectivity index (χ1n) is 3.02.